The molecule has 0 aliphatic heterocycles. The lowest BCUT2D eigenvalue weighted by Gasteiger charge is -2.22. The molecule has 0 heterocycles. The summed E-state index contributed by atoms with van der Waals surface area (Å²) in [5.74, 6) is 5.84. The smallest absolute Gasteiger partial charge is 0.207 e. The van der Waals surface area contributed by atoms with Gasteiger partial charge in [-0.2, -0.15) is 4.31 Å². The van der Waals surface area contributed by atoms with Crippen molar-refractivity contribution in [2.45, 2.75) is 32.6 Å². The molecule has 0 radical (unpaired) electrons. The van der Waals surface area contributed by atoms with Gasteiger partial charge in [0.2, 0.25) is 10.0 Å². The van der Waals surface area contributed by atoms with Crippen LogP contribution in [0, 0.1) is 24.7 Å². The van der Waals surface area contributed by atoms with Crippen LogP contribution in [0.5, 0.6) is 0 Å². The largest absolute Gasteiger partial charge is 0.243 e. The third-order valence-electron chi connectivity index (χ3n) is 2.88. The molecule has 1 atom stereocenters. The fourth-order valence-electron chi connectivity index (χ4n) is 1.85. The summed E-state index contributed by atoms with van der Waals surface area (Å²) >= 11 is 0. The topological polar surface area (TPSA) is 37.4 Å². The SMILES string of the molecule is CC#CC(C)CN(CC)S(=O)(=O)c1ccc(C)cc1. The first kappa shape index (κ1) is 15.7. The predicted octanol–water partition coefficient (Wildman–Crippen LogP) is 2.67. The van der Waals surface area contributed by atoms with E-state index in [1.807, 2.05) is 32.9 Å². The van der Waals surface area contributed by atoms with Crippen molar-refractivity contribution in [1.29, 1.82) is 0 Å². The van der Waals surface area contributed by atoms with E-state index in [1.54, 1.807) is 19.1 Å². The van der Waals surface area contributed by atoms with Crippen LogP contribution < -0.4 is 0 Å². The number of nitrogens with zero attached hydrogens (tertiary/aromatic N) is 1. The van der Waals surface area contributed by atoms with Gasteiger partial charge in [-0.05, 0) is 26.0 Å². The van der Waals surface area contributed by atoms with Crippen molar-refractivity contribution in [2.75, 3.05) is 13.1 Å². The molecule has 1 unspecified atom stereocenters. The van der Waals surface area contributed by atoms with E-state index in [2.05, 4.69) is 11.8 Å². The average molecular weight is 279 g/mol. The zero-order valence-corrected chi connectivity index (χ0v) is 12.8. The summed E-state index contributed by atoms with van der Waals surface area (Å²) in [6.45, 7) is 8.36. The Hall–Kier alpha value is -1.31. The number of rotatable bonds is 5. The van der Waals surface area contributed by atoms with Gasteiger partial charge in [0, 0.05) is 19.0 Å². The van der Waals surface area contributed by atoms with Gasteiger partial charge in [0.05, 0.1) is 4.90 Å². The molecule has 0 N–H and O–H groups in total. The van der Waals surface area contributed by atoms with Crippen LogP contribution in [-0.4, -0.2) is 25.8 Å². The van der Waals surface area contributed by atoms with Crippen molar-refractivity contribution >= 4 is 10.0 Å². The van der Waals surface area contributed by atoms with Gasteiger partial charge in [-0.15, -0.1) is 5.92 Å². The molecule has 0 aromatic heterocycles. The van der Waals surface area contributed by atoms with E-state index >= 15 is 0 Å². The quantitative estimate of drug-likeness (QED) is 0.777. The molecule has 1 aromatic rings. The summed E-state index contributed by atoms with van der Waals surface area (Å²) in [6.07, 6.45) is 0. The fraction of sp³-hybridized carbons (Fsp3) is 0.467. The van der Waals surface area contributed by atoms with Crippen molar-refractivity contribution < 1.29 is 8.42 Å². The average Bonchev–Trinajstić information content (AvgIpc) is 2.36. The molecule has 0 saturated carbocycles. The highest BCUT2D eigenvalue weighted by molar-refractivity contribution is 7.89. The Morgan fingerprint density at radius 1 is 1.26 bits per heavy atom. The monoisotopic (exact) mass is 279 g/mol. The van der Waals surface area contributed by atoms with Gasteiger partial charge in [-0.1, -0.05) is 37.5 Å². The van der Waals surface area contributed by atoms with Gasteiger partial charge in [-0.3, -0.25) is 0 Å². The molecule has 0 aliphatic rings. The van der Waals surface area contributed by atoms with E-state index in [0.717, 1.165) is 5.56 Å². The van der Waals surface area contributed by atoms with Gasteiger partial charge in [0.1, 0.15) is 0 Å². The predicted molar refractivity (Wildman–Crippen MR) is 78.2 cm³/mol. The summed E-state index contributed by atoms with van der Waals surface area (Å²) in [4.78, 5) is 0.344. The highest BCUT2D eigenvalue weighted by atomic mass is 32.2. The van der Waals surface area contributed by atoms with Crippen molar-refractivity contribution in [3.05, 3.63) is 29.8 Å². The first-order valence-electron chi connectivity index (χ1n) is 6.41. The van der Waals surface area contributed by atoms with Crippen LogP contribution in [0.25, 0.3) is 0 Å². The Bertz CT molecular complexity index is 564. The minimum Gasteiger partial charge on any atom is -0.207 e. The number of aryl methyl sites for hydroxylation is 1. The third-order valence-corrected chi connectivity index (χ3v) is 4.83. The zero-order valence-electron chi connectivity index (χ0n) is 12.0. The maximum Gasteiger partial charge on any atom is 0.243 e. The molecule has 1 aromatic carbocycles. The molecule has 1 rings (SSSR count). The maximum atomic E-state index is 12.5. The second-order valence-electron chi connectivity index (χ2n) is 4.56. The molecule has 3 nitrogen and oxygen atoms in total. The van der Waals surface area contributed by atoms with E-state index < -0.39 is 10.0 Å². The molecule has 0 aliphatic carbocycles. The molecule has 19 heavy (non-hydrogen) atoms. The van der Waals surface area contributed by atoms with E-state index in [0.29, 0.717) is 18.0 Å². The van der Waals surface area contributed by atoms with Gasteiger partial charge in [0.15, 0.2) is 0 Å². The van der Waals surface area contributed by atoms with Gasteiger partial charge in [0.25, 0.3) is 0 Å². The number of sulfonamides is 1. The second kappa shape index (κ2) is 6.74. The van der Waals surface area contributed by atoms with Crippen LogP contribution in [0.4, 0.5) is 0 Å². The first-order chi connectivity index (χ1) is 8.91. The third kappa shape index (κ3) is 4.09. The highest BCUT2D eigenvalue weighted by Crippen LogP contribution is 2.17. The Kier molecular flexibility index (Phi) is 5.59. The zero-order chi connectivity index (χ0) is 14.5. The Balaban J connectivity index is 3.01. The first-order valence-corrected chi connectivity index (χ1v) is 7.85. The van der Waals surface area contributed by atoms with Crippen LogP contribution >= 0.6 is 0 Å². The van der Waals surface area contributed by atoms with E-state index in [-0.39, 0.29) is 5.92 Å². The molecule has 0 amide bonds. The summed E-state index contributed by atoms with van der Waals surface area (Å²) in [5.41, 5.74) is 1.05. The number of benzene rings is 1. The summed E-state index contributed by atoms with van der Waals surface area (Å²) in [6, 6.07) is 6.94. The minimum atomic E-state index is -3.42. The van der Waals surface area contributed by atoms with Crippen LogP contribution in [-0.2, 0) is 10.0 Å². The lowest BCUT2D eigenvalue weighted by molar-refractivity contribution is 0.401. The summed E-state index contributed by atoms with van der Waals surface area (Å²) < 4.78 is 26.5. The lowest BCUT2D eigenvalue weighted by atomic mass is 10.2. The molecule has 0 bridgehead atoms. The fourth-order valence-corrected chi connectivity index (χ4v) is 3.39. The Labute approximate surface area is 116 Å². The standard InChI is InChI=1S/C15H21NO2S/c1-5-7-14(4)12-16(6-2)19(17,18)15-10-8-13(3)9-11-15/h8-11,14H,6,12H2,1-4H3. The Morgan fingerprint density at radius 2 is 1.84 bits per heavy atom. The molecular weight excluding hydrogens is 258 g/mol. The Morgan fingerprint density at radius 3 is 2.32 bits per heavy atom. The second-order valence-corrected chi connectivity index (χ2v) is 6.50. The van der Waals surface area contributed by atoms with Crippen molar-refractivity contribution in [3.8, 4) is 11.8 Å². The van der Waals surface area contributed by atoms with Crippen molar-refractivity contribution in [3.63, 3.8) is 0 Å². The van der Waals surface area contributed by atoms with E-state index in [4.69, 9.17) is 0 Å². The highest BCUT2D eigenvalue weighted by Gasteiger charge is 2.23. The van der Waals surface area contributed by atoms with Crippen molar-refractivity contribution in [2.24, 2.45) is 5.92 Å². The summed E-state index contributed by atoms with van der Waals surface area (Å²) in [5, 5.41) is 0. The number of hydrogen-bond donors (Lipinski definition) is 0. The maximum absolute atomic E-state index is 12.5. The lowest BCUT2D eigenvalue weighted by Crippen LogP contribution is -2.34. The normalized spacial score (nSPS) is 12.9. The molecular formula is C15H21NO2S. The molecule has 4 heteroatoms. The van der Waals surface area contributed by atoms with Crippen LogP contribution in [0.1, 0.15) is 26.3 Å². The van der Waals surface area contributed by atoms with E-state index in [9.17, 15) is 8.42 Å². The summed E-state index contributed by atoms with van der Waals surface area (Å²) in [7, 11) is -3.42. The van der Waals surface area contributed by atoms with Gasteiger partial charge in [-0.25, -0.2) is 8.42 Å². The van der Waals surface area contributed by atoms with Crippen LogP contribution in [0.2, 0.25) is 0 Å². The minimum absolute atomic E-state index is 0.0326. The van der Waals surface area contributed by atoms with Gasteiger partial charge < -0.3 is 0 Å². The molecule has 104 valence electrons. The number of hydrogen-bond acceptors (Lipinski definition) is 2. The van der Waals surface area contributed by atoms with E-state index in [1.165, 1.54) is 4.31 Å². The molecule has 0 spiro atoms. The van der Waals surface area contributed by atoms with Gasteiger partial charge >= 0.3 is 0 Å². The van der Waals surface area contributed by atoms with Crippen LogP contribution in [0.15, 0.2) is 29.2 Å². The molecule has 0 fully saturated rings. The molecule has 0 saturated heterocycles. The van der Waals surface area contributed by atoms with Crippen LogP contribution in [0.3, 0.4) is 0 Å². The van der Waals surface area contributed by atoms with Crippen molar-refractivity contribution in [1.82, 2.24) is 4.31 Å².